The van der Waals surface area contributed by atoms with Crippen LogP contribution in [0.25, 0.3) is 0 Å². The molecule has 1 aliphatic heterocycles. The van der Waals surface area contributed by atoms with Crippen LogP contribution in [0.5, 0.6) is 0 Å². The van der Waals surface area contributed by atoms with Gasteiger partial charge in [-0.05, 0) is 60.2 Å². The van der Waals surface area contributed by atoms with E-state index in [-0.39, 0.29) is 17.4 Å². The molecule has 0 fully saturated rings. The van der Waals surface area contributed by atoms with Crippen molar-refractivity contribution in [3.8, 4) is 0 Å². The molecule has 132 valence electrons. The van der Waals surface area contributed by atoms with Crippen LogP contribution >= 0.6 is 0 Å². The maximum atomic E-state index is 12.0. The van der Waals surface area contributed by atoms with Crippen LogP contribution in [-0.4, -0.2) is 19.6 Å². The molecule has 1 unspecified atom stereocenters. The molecule has 0 bridgehead atoms. The van der Waals surface area contributed by atoms with Gasteiger partial charge in [0.2, 0.25) is 0 Å². The molecule has 0 saturated carbocycles. The predicted molar refractivity (Wildman–Crippen MR) is 102 cm³/mol. The van der Waals surface area contributed by atoms with Gasteiger partial charge in [-0.15, -0.1) is 0 Å². The zero-order chi connectivity index (χ0) is 18.0. The lowest BCUT2D eigenvalue weighted by molar-refractivity contribution is 0.0526. The topological polar surface area (TPSA) is 50.4 Å². The van der Waals surface area contributed by atoms with E-state index < -0.39 is 0 Å². The fourth-order valence-corrected chi connectivity index (χ4v) is 3.57. The Kier molecular flexibility index (Phi) is 4.71. The number of nitrogens with one attached hydrogen (secondary N) is 2. The van der Waals surface area contributed by atoms with E-state index in [2.05, 4.69) is 48.7 Å². The molecule has 0 radical (unpaired) electrons. The van der Waals surface area contributed by atoms with Crippen molar-refractivity contribution < 1.29 is 9.53 Å². The first kappa shape index (κ1) is 17.3. The second kappa shape index (κ2) is 6.79. The van der Waals surface area contributed by atoms with Crippen molar-refractivity contribution in [1.82, 2.24) is 0 Å². The van der Waals surface area contributed by atoms with Gasteiger partial charge < -0.3 is 15.4 Å². The highest BCUT2D eigenvalue weighted by Gasteiger charge is 2.36. The molecule has 2 aromatic rings. The summed E-state index contributed by atoms with van der Waals surface area (Å²) >= 11 is 0. The lowest BCUT2D eigenvalue weighted by Gasteiger charge is -2.41. The summed E-state index contributed by atoms with van der Waals surface area (Å²) in [5, 5.41) is 6.88. The fraction of sp³-hybridized carbons (Fsp3) is 0.381. The summed E-state index contributed by atoms with van der Waals surface area (Å²) in [7, 11) is 1.94. The molecule has 25 heavy (non-hydrogen) atoms. The summed E-state index contributed by atoms with van der Waals surface area (Å²) in [5.74, 6) is -0.257. The molecular formula is C21H26N2O2. The van der Waals surface area contributed by atoms with Crippen molar-refractivity contribution in [1.29, 1.82) is 0 Å². The zero-order valence-electron chi connectivity index (χ0n) is 15.3. The van der Waals surface area contributed by atoms with Crippen LogP contribution in [0, 0.1) is 5.41 Å². The van der Waals surface area contributed by atoms with E-state index >= 15 is 0 Å². The molecule has 2 N–H and O–H groups in total. The van der Waals surface area contributed by atoms with E-state index in [0.717, 1.165) is 23.4 Å². The van der Waals surface area contributed by atoms with Crippen molar-refractivity contribution in [2.45, 2.75) is 33.2 Å². The molecule has 4 nitrogen and oxygen atoms in total. The molecule has 2 aromatic carbocycles. The van der Waals surface area contributed by atoms with Gasteiger partial charge in [0.05, 0.1) is 18.2 Å². The van der Waals surface area contributed by atoms with Crippen LogP contribution in [0.4, 0.5) is 11.4 Å². The molecule has 1 atom stereocenters. The maximum absolute atomic E-state index is 12.0. The van der Waals surface area contributed by atoms with Crippen LogP contribution in [0.15, 0.2) is 42.5 Å². The third kappa shape index (κ3) is 3.48. The van der Waals surface area contributed by atoms with E-state index in [0.29, 0.717) is 12.2 Å². The predicted octanol–water partition coefficient (Wildman–Crippen LogP) is 4.64. The van der Waals surface area contributed by atoms with Crippen molar-refractivity contribution in [2.24, 2.45) is 5.41 Å². The van der Waals surface area contributed by atoms with Crippen LogP contribution in [-0.2, 0) is 11.2 Å². The highest BCUT2D eigenvalue weighted by Crippen LogP contribution is 2.45. The number of rotatable bonds is 4. The molecule has 0 spiro atoms. The van der Waals surface area contributed by atoms with E-state index in [1.54, 1.807) is 0 Å². The van der Waals surface area contributed by atoms with Gasteiger partial charge in [-0.2, -0.15) is 0 Å². The van der Waals surface area contributed by atoms with Gasteiger partial charge in [-0.1, -0.05) is 26.0 Å². The Morgan fingerprint density at radius 2 is 2.08 bits per heavy atom. The molecule has 0 saturated heterocycles. The summed E-state index contributed by atoms with van der Waals surface area (Å²) in [5.41, 5.74) is 5.26. The first-order valence-electron chi connectivity index (χ1n) is 8.79. The summed E-state index contributed by atoms with van der Waals surface area (Å²) < 4.78 is 5.12. The molecule has 3 rings (SSSR count). The molecule has 0 aliphatic carbocycles. The summed E-state index contributed by atoms with van der Waals surface area (Å²) in [4.78, 5) is 12.0. The number of carbonyl (C=O) groups excluding carboxylic acids is 1. The normalized spacial score (nSPS) is 18.0. The quantitative estimate of drug-likeness (QED) is 0.797. The highest BCUT2D eigenvalue weighted by atomic mass is 16.5. The number of carbonyl (C=O) groups is 1. The monoisotopic (exact) mass is 338 g/mol. The number of hydrogen-bond donors (Lipinski definition) is 2. The van der Waals surface area contributed by atoms with Crippen LogP contribution in [0.2, 0.25) is 0 Å². The standard InChI is InChI=1S/C21H26N2O2/c1-5-25-20(24)15-9-10-18-16(11-15)13-21(2,3)19(23-18)14-7-6-8-17(12-14)22-4/h6-12,19,22-23H,5,13H2,1-4H3. The van der Waals surface area contributed by atoms with Crippen LogP contribution < -0.4 is 10.6 Å². The average molecular weight is 338 g/mol. The molecular weight excluding hydrogens is 312 g/mol. The molecule has 4 heteroatoms. The van der Waals surface area contributed by atoms with Gasteiger partial charge in [0.15, 0.2) is 0 Å². The van der Waals surface area contributed by atoms with E-state index in [1.165, 1.54) is 5.56 Å². The van der Waals surface area contributed by atoms with E-state index in [4.69, 9.17) is 4.74 Å². The number of ether oxygens (including phenoxy) is 1. The summed E-state index contributed by atoms with van der Waals surface area (Å²) in [6.07, 6.45) is 0.900. The van der Waals surface area contributed by atoms with Gasteiger partial charge in [-0.3, -0.25) is 0 Å². The average Bonchev–Trinajstić information content (AvgIpc) is 2.60. The number of anilines is 2. The SMILES string of the molecule is CCOC(=O)c1ccc2c(c1)CC(C)(C)C(c1cccc(NC)c1)N2. The Bertz CT molecular complexity index is 783. The van der Waals surface area contributed by atoms with E-state index in [1.807, 2.05) is 32.2 Å². The fourth-order valence-electron chi connectivity index (χ4n) is 3.57. The molecule has 0 amide bonds. The number of esters is 1. The van der Waals surface area contributed by atoms with Crippen LogP contribution in [0.3, 0.4) is 0 Å². The lowest BCUT2D eigenvalue weighted by atomic mass is 9.72. The molecule has 1 heterocycles. The Labute approximate surface area is 149 Å². The highest BCUT2D eigenvalue weighted by molar-refractivity contribution is 5.90. The van der Waals surface area contributed by atoms with Gasteiger partial charge >= 0.3 is 5.97 Å². The Morgan fingerprint density at radius 1 is 1.28 bits per heavy atom. The van der Waals surface area contributed by atoms with Gasteiger partial charge in [-0.25, -0.2) is 4.79 Å². The zero-order valence-corrected chi connectivity index (χ0v) is 15.3. The number of benzene rings is 2. The second-order valence-electron chi connectivity index (χ2n) is 7.21. The van der Waals surface area contributed by atoms with Crippen molar-refractivity contribution in [2.75, 3.05) is 24.3 Å². The summed E-state index contributed by atoms with van der Waals surface area (Å²) in [6, 6.07) is 14.5. The van der Waals surface area contributed by atoms with Crippen molar-refractivity contribution >= 4 is 17.3 Å². The Balaban J connectivity index is 1.93. The van der Waals surface area contributed by atoms with Crippen molar-refractivity contribution in [3.05, 3.63) is 59.2 Å². The Hall–Kier alpha value is -2.49. The minimum Gasteiger partial charge on any atom is -0.462 e. The minimum absolute atomic E-state index is 0.0205. The van der Waals surface area contributed by atoms with Gasteiger partial charge in [0.25, 0.3) is 0 Å². The maximum Gasteiger partial charge on any atom is 0.338 e. The number of fused-ring (bicyclic) bond motifs is 1. The minimum atomic E-state index is -0.257. The third-order valence-corrected chi connectivity index (χ3v) is 4.85. The van der Waals surface area contributed by atoms with Crippen LogP contribution in [0.1, 0.15) is 48.3 Å². The van der Waals surface area contributed by atoms with Crippen molar-refractivity contribution in [3.63, 3.8) is 0 Å². The Morgan fingerprint density at radius 3 is 2.80 bits per heavy atom. The lowest BCUT2D eigenvalue weighted by Crippen LogP contribution is -2.35. The second-order valence-corrected chi connectivity index (χ2v) is 7.21. The largest absolute Gasteiger partial charge is 0.462 e. The number of hydrogen-bond acceptors (Lipinski definition) is 4. The van der Waals surface area contributed by atoms with E-state index in [9.17, 15) is 4.79 Å². The first-order chi connectivity index (χ1) is 11.9. The van der Waals surface area contributed by atoms with Gasteiger partial charge in [0.1, 0.15) is 0 Å². The third-order valence-electron chi connectivity index (χ3n) is 4.85. The smallest absolute Gasteiger partial charge is 0.338 e. The first-order valence-corrected chi connectivity index (χ1v) is 8.79. The molecule has 1 aliphatic rings. The summed E-state index contributed by atoms with van der Waals surface area (Å²) in [6.45, 7) is 6.74. The molecule has 0 aromatic heterocycles. The van der Waals surface area contributed by atoms with Gasteiger partial charge in [0, 0.05) is 18.4 Å².